The third-order valence-corrected chi connectivity index (χ3v) is 2.74. The highest BCUT2D eigenvalue weighted by Gasteiger charge is 2.31. The smallest absolute Gasteiger partial charge is 0.416 e. The first-order valence-electron chi connectivity index (χ1n) is 5.90. The first-order chi connectivity index (χ1) is 9.68. The van der Waals surface area contributed by atoms with Gasteiger partial charge in [-0.15, -0.1) is 0 Å². The van der Waals surface area contributed by atoms with Crippen LogP contribution in [-0.2, 0) is 6.18 Å². The zero-order valence-corrected chi connectivity index (χ0v) is 11.2. The van der Waals surface area contributed by atoms with Crippen LogP contribution in [0.15, 0.2) is 22.6 Å². The molecule has 0 spiro atoms. The van der Waals surface area contributed by atoms with E-state index in [0.29, 0.717) is 11.6 Å². The van der Waals surface area contributed by atoms with Crippen LogP contribution in [0.1, 0.15) is 27.7 Å². The summed E-state index contributed by atoms with van der Waals surface area (Å²) in [7, 11) is 0. The zero-order chi connectivity index (χ0) is 15.8. The van der Waals surface area contributed by atoms with Crippen molar-refractivity contribution in [1.29, 1.82) is 0 Å². The van der Waals surface area contributed by atoms with E-state index in [4.69, 9.17) is 10.2 Å². The van der Waals surface area contributed by atoms with Crippen molar-refractivity contribution in [3.63, 3.8) is 0 Å². The second kappa shape index (κ2) is 5.12. The first-order valence-corrected chi connectivity index (χ1v) is 5.90. The summed E-state index contributed by atoms with van der Waals surface area (Å²) >= 11 is 0. The van der Waals surface area contributed by atoms with Gasteiger partial charge in [0.1, 0.15) is 0 Å². The van der Waals surface area contributed by atoms with E-state index in [0.717, 1.165) is 18.2 Å². The number of hydrogen-bond acceptors (Lipinski definition) is 4. The van der Waals surface area contributed by atoms with Gasteiger partial charge in [0.25, 0.3) is 5.91 Å². The predicted octanol–water partition coefficient (Wildman–Crippen LogP) is 3.14. The van der Waals surface area contributed by atoms with E-state index < -0.39 is 17.6 Å². The molecule has 0 aliphatic rings. The molecule has 0 saturated carbocycles. The van der Waals surface area contributed by atoms with Gasteiger partial charge in [0, 0.05) is 6.92 Å². The molecule has 0 fully saturated rings. The number of aromatic nitrogens is 1. The second-order valence-electron chi connectivity index (χ2n) is 4.40. The highest BCUT2D eigenvalue weighted by atomic mass is 19.4. The van der Waals surface area contributed by atoms with Crippen LogP contribution in [0.4, 0.5) is 24.5 Å². The fourth-order valence-corrected chi connectivity index (χ4v) is 1.77. The van der Waals surface area contributed by atoms with Crippen molar-refractivity contribution in [1.82, 2.24) is 4.98 Å². The van der Waals surface area contributed by atoms with E-state index in [-0.39, 0.29) is 17.1 Å². The van der Waals surface area contributed by atoms with Crippen LogP contribution in [0.3, 0.4) is 0 Å². The number of oxazole rings is 1. The number of carbonyl (C=O) groups is 1. The Morgan fingerprint density at radius 1 is 1.33 bits per heavy atom. The highest BCUT2D eigenvalue weighted by Crippen LogP contribution is 2.33. The number of nitrogens with zero attached hydrogens (tertiary/aromatic N) is 1. The van der Waals surface area contributed by atoms with Crippen molar-refractivity contribution in [3.8, 4) is 0 Å². The molecule has 1 heterocycles. The number of amides is 1. The molecule has 5 nitrogen and oxygen atoms in total. The Kier molecular flexibility index (Phi) is 3.63. The minimum atomic E-state index is -4.49. The Morgan fingerprint density at radius 3 is 2.48 bits per heavy atom. The van der Waals surface area contributed by atoms with Gasteiger partial charge in [-0.05, 0) is 25.1 Å². The van der Waals surface area contributed by atoms with Gasteiger partial charge in [0.15, 0.2) is 5.89 Å². The van der Waals surface area contributed by atoms with E-state index >= 15 is 0 Å². The average molecular weight is 299 g/mol. The Balaban J connectivity index is 2.24. The van der Waals surface area contributed by atoms with Gasteiger partial charge >= 0.3 is 6.18 Å². The molecule has 0 aliphatic heterocycles. The summed E-state index contributed by atoms with van der Waals surface area (Å²) in [5, 5.41) is 2.39. The molecular weight excluding hydrogens is 287 g/mol. The molecule has 0 unspecified atom stereocenters. The van der Waals surface area contributed by atoms with E-state index in [1.807, 2.05) is 0 Å². The van der Waals surface area contributed by atoms with Crippen molar-refractivity contribution in [3.05, 3.63) is 41.1 Å². The molecule has 0 saturated heterocycles. The minimum Gasteiger partial charge on any atom is -0.436 e. The minimum absolute atomic E-state index is 0.00759. The van der Waals surface area contributed by atoms with Crippen molar-refractivity contribution in [2.24, 2.45) is 0 Å². The summed E-state index contributed by atoms with van der Waals surface area (Å²) in [6, 6.07) is 2.69. The van der Waals surface area contributed by atoms with Gasteiger partial charge in [0.2, 0.25) is 5.76 Å². The molecular formula is C13H12F3N3O2. The van der Waals surface area contributed by atoms with Crippen LogP contribution in [0.25, 0.3) is 0 Å². The van der Waals surface area contributed by atoms with Gasteiger partial charge in [-0.3, -0.25) is 4.79 Å². The fraction of sp³-hybridized carbons (Fsp3) is 0.231. The molecule has 2 aromatic rings. The number of hydrogen-bond donors (Lipinski definition) is 2. The Bertz CT molecular complexity index is 692. The zero-order valence-electron chi connectivity index (χ0n) is 11.2. The number of benzene rings is 1. The molecule has 0 bridgehead atoms. The summed E-state index contributed by atoms with van der Waals surface area (Å²) in [5.74, 6) is -0.315. The Morgan fingerprint density at radius 2 is 2.00 bits per heavy atom. The SMILES string of the molecule is Cc1nc(C)c(C(=O)Nc2ccc(C(F)(F)F)cc2N)o1. The molecule has 21 heavy (non-hydrogen) atoms. The molecule has 2 rings (SSSR count). The largest absolute Gasteiger partial charge is 0.436 e. The van der Waals surface area contributed by atoms with Gasteiger partial charge in [-0.2, -0.15) is 13.2 Å². The normalized spacial score (nSPS) is 11.5. The summed E-state index contributed by atoms with van der Waals surface area (Å²) < 4.78 is 42.7. The van der Waals surface area contributed by atoms with Crippen molar-refractivity contribution in [2.45, 2.75) is 20.0 Å². The van der Waals surface area contributed by atoms with Gasteiger partial charge in [-0.1, -0.05) is 0 Å². The maximum absolute atomic E-state index is 12.5. The van der Waals surface area contributed by atoms with Crippen molar-refractivity contribution >= 4 is 17.3 Å². The van der Waals surface area contributed by atoms with Crippen LogP contribution in [0.5, 0.6) is 0 Å². The average Bonchev–Trinajstić information content (AvgIpc) is 2.69. The Labute approximate surface area is 118 Å². The third-order valence-electron chi connectivity index (χ3n) is 2.74. The van der Waals surface area contributed by atoms with E-state index in [2.05, 4.69) is 10.3 Å². The molecule has 112 valence electrons. The lowest BCUT2D eigenvalue weighted by Gasteiger charge is -2.11. The van der Waals surface area contributed by atoms with Gasteiger partial charge < -0.3 is 15.5 Å². The summed E-state index contributed by atoms with van der Waals surface area (Å²) in [6.07, 6.45) is -4.49. The van der Waals surface area contributed by atoms with Crippen LogP contribution >= 0.6 is 0 Å². The number of rotatable bonds is 2. The second-order valence-corrected chi connectivity index (χ2v) is 4.40. The monoisotopic (exact) mass is 299 g/mol. The molecule has 0 aliphatic carbocycles. The van der Waals surface area contributed by atoms with Crippen LogP contribution in [0.2, 0.25) is 0 Å². The number of alkyl halides is 3. The lowest BCUT2D eigenvalue weighted by molar-refractivity contribution is -0.137. The molecule has 3 N–H and O–H groups in total. The number of halogens is 3. The molecule has 1 amide bonds. The first kappa shape index (κ1) is 14.9. The topological polar surface area (TPSA) is 81.2 Å². The molecule has 0 atom stereocenters. The number of nitrogens with one attached hydrogen (secondary N) is 1. The Hall–Kier alpha value is -2.51. The number of nitrogens with two attached hydrogens (primary N) is 1. The van der Waals surface area contributed by atoms with Crippen LogP contribution in [-0.4, -0.2) is 10.9 Å². The summed E-state index contributed by atoms with van der Waals surface area (Å²) in [4.78, 5) is 15.9. The van der Waals surface area contributed by atoms with Crippen molar-refractivity contribution < 1.29 is 22.4 Å². The van der Waals surface area contributed by atoms with Crippen molar-refractivity contribution in [2.75, 3.05) is 11.1 Å². The number of nitrogen functional groups attached to an aromatic ring is 1. The maximum atomic E-state index is 12.5. The third kappa shape index (κ3) is 3.15. The summed E-state index contributed by atoms with van der Waals surface area (Å²) in [6.45, 7) is 3.16. The standard InChI is InChI=1S/C13H12F3N3O2/c1-6-11(21-7(2)18-6)12(20)19-10-4-3-8(5-9(10)17)13(14,15)16/h3-5H,17H2,1-2H3,(H,19,20). The van der Waals surface area contributed by atoms with Crippen LogP contribution < -0.4 is 11.1 Å². The molecule has 1 aromatic heterocycles. The van der Waals surface area contributed by atoms with Gasteiger partial charge in [0.05, 0.1) is 22.6 Å². The molecule has 1 aromatic carbocycles. The maximum Gasteiger partial charge on any atom is 0.416 e. The van der Waals surface area contributed by atoms with Gasteiger partial charge in [-0.25, -0.2) is 4.98 Å². The highest BCUT2D eigenvalue weighted by molar-refractivity contribution is 6.04. The van der Waals surface area contributed by atoms with E-state index in [9.17, 15) is 18.0 Å². The fourth-order valence-electron chi connectivity index (χ4n) is 1.77. The quantitative estimate of drug-likeness (QED) is 0.835. The summed E-state index contributed by atoms with van der Waals surface area (Å²) in [5.41, 5.74) is 4.91. The molecule has 0 radical (unpaired) electrons. The van der Waals surface area contributed by atoms with E-state index in [1.165, 1.54) is 0 Å². The van der Waals surface area contributed by atoms with Crippen LogP contribution in [0, 0.1) is 13.8 Å². The van der Waals surface area contributed by atoms with E-state index in [1.54, 1.807) is 13.8 Å². The number of anilines is 2. The lowest BCUT2D eigenvalue weighted by atomic mass is 10.1. The number of carbonyl (C=O) groups excluding carboxylic acids is 1. The predicted molar refractivity (Wildman–Crippen MR) is 69.8 cm³/mol. The molecule has 8 heteroatoms. The number of aryl methyl sites for hydroxylation is 2. The lowest BCUT2D eigenvalue weighted by Crippen LogP contribution is -2.14.